The van der Waals surface area contributed by atoms with Crippen LogP contribution in [-0.2, 0) is 0 Å². The molecule has 0 aliphatic carbocycles. The van der Waals surface area contributed by atoms with E-state index in [1.165, 1.54) is 13.2 Å². The van der Waals surface area contributed by atoms with Crippen molar-refractivity contribution in [3.8, 4) is 5.75 Å². The van der Waals surface area contributed by atoms with Gasteiger partial charge in [0.15, 0.2) is 0 Å². The van der Waals surface area contributed by atoms with E-state index >= 15 is 0 Å². The molecule has 1 unspecified atom stereocenters. The normalized spacial score (nSPS) is 12.4. The summed E-state index contributed by atoms with van der Waals surface area (Å²) in [5, 5.41) is 3.23. The van der Waals surface area contributed by atoms with Crippen LogP contribution in [0.25, 0.3) is 0 Å². The molecule has 1 aromatic heterocycles. The molecule has 0 aliphatic heterocycles. The van der Waals surface area contributed by atoms with Crippen LogP contribution in [0.15, 0.2) is 34.7 Å². The minimum Gasteiger partial charge on any atom is -0.496 e. The first-order valence-corrected chi connectivity index (χ1v) is 6.29. The monoisotopic (exact) mass is 263 g/mol. The smallest absolute Gasteiger partial charge is 0.132 e. The molecule has 1 N–H and O–H groups in total. The van der Waals surface area contributed by atoms with Gasteiger partial charge in [-0.05, 0) is 37.7 Å². The first kappa shape index (κ1) is 13.6. The SMILES string of the molecule is CCNC(c1ccc(C)o1)c1c(F)cccc1OC. The number of hydrogen-bond acceptors (Lipinski definition) is 3. The van der Waals surface area contributed by atoms with Gasteiger partial charge in [-0.3, -0.25) is 0 Å². The fourth-order valence-electron chi connectivity index (χ4n) is 2.13. The fourth-order valence-corrected chi connectivity index (χ4v) is 2.13. The molecule has 4 heteroatoms. The van der Waals surface area contributed by atoms with E-state index < -0.39 is 0 Å². The number of rotatable bonds is 5. The Labute approximate surface area is 112 Å². The van der Waals surface area contributed by atoms with Crippen LogP contribution in [0.4, 0.5) is 4.39 Å². The predicted octanol–water partition coefficient (Wildman–Crippen LogP) is 3.43. The summed E-state index contributed by atoms with van der Waals surface area (Å²) in [6.45, 7) is 4.53. The maximum Gasteiger partial charge on any atom is 0.132 e. The van der Waals surface area contributed by atoms with Crippen molar-refractivity contribution in [1.29, 1.82) is 0 Å². The second kappa shape index (κ2) is 5.89. The molecule has 0 saturated heterocycles. The quantitative estimate of drug-likeness (QED) is 0.897. The Bertz CT molecular complexity index is 551. The third-order valence-corrected chi connectivity index (χ3v) is 2.98. The fraction of sp³-hybridized carbons (Fsp3) is 0.333. The molecule has 0 saturated carbocycles. The van der Waals surface area contributed by atoms with E-state index in [2.05, 4.69) is 5.32 Å². The molecule has 0 radical (unpaired) electrons. The lowest BCUT2D eigenvalue weighted by Gasteiger charge is -2.19. The first-order chi connectivity index (χ1) is 9.17. The van der Waals surface area contributed by atoms with Crippen molar-refractivity contribution < 1.29 is 13.5 Å². The van der Waals surface area contributed by atoms with Gasteiger partial charge in [-0.2, -0.15) is 0 Å². The van der Waals surface area contributed by atoms with Crippen LogP contribution in [0, 0.1) is 12.7 Å². The average Bonchev–Trinajstić information content (AvgIpc) is 2.83. The molecule has 1 atom stereocenters. The van der Waals surface area contributed by atoms with Crippen LogP contribution < -0.4 is 10.1 Å². The Morgan fingerprint density at radius 2 is 2.11 bits per heavy atom. The zero-order valence-corrected chi connectivity index (χ0v) is 11.4. The van der Waals surface area contributed by atoms with Crippen LogP contribution in [0.1, 0.15) is 30.0 Å². The van der Waals surface area contributed by atoms with E-state index in [1.807, 2.05) is 26.0 Å². The molecular formula is C15H18FNO2. The van der Waals surface area contributed by atoms with Crippen molar-refractivity contribution in [3.63, 3.8) is 0 Å². The Morgan fingerprint density at radius 3 is 2.68 bits per heavy atom. The van der Waals surface area contributed by atoms with Crippen molar-refractivity contribution in [2.45, 2.75) is 19.9 Å². The summed E-state index contributed by atoms with van der Waals surface area (Å²) in [6, 6.07) is 8.18. The van der Waals surface area contributed by atoms with Crippen LogP contribution >= 0.6 is 0 Å². The second-order valence-electron chi connectivity index (χ2n) is 4.29. The maximum absolute atomic E-state index is 14.1. The summed E-state index contributed by atoms with van der Waals surface area (Å²) in [7, 11) is 1.54. The molecule has 102 valence electrons. The maximum atomic E-state index is 14.1. The Morgan fingerprint density at radius 1 is 1.32 bits per heavy atom. The third kappa shape index (κ3) is 2.79. The molecular weight excluding hydrogens is 245 g/mol. The highest BCUT2D eigenvalue weighted by Gasteiger charge is 2.23. The number of aryl methyl sites for hydroxylation is 1. The molecule has 0 bridgehead atoms. The molecule has 0 fully saturated rings. The van der Waals surface area contributed by atoms with E-state index in [0.717, 1.165) is 5.76 Å². The van der Waals surface area contributed by atoms with Gasteiger partial charge in [0.2, 0.25) is 0 Å². The number of ether oxygens (including phenoxy) is 1. The van der Waals surface area contributed by atoms with Gasteiger partial charge in [-0.1, -0.05) is 13.0 Å². The average molecular weight is 263 g/mol. The predicted molar refractivity (Wildman–Crippen MR) is 71.9 cm³/mol. The van der Waals surface area contributed by atoms with Crippen LogP contribution in [0.5, 0.6) is 5.75 Å². The van der Waals surface area contributed by atoms with Crippen molar-refractivity contribution in [2.24, 2.45) is 0 Å². The number of halogens is 1. The van der Waals surface area contributed by atoms with Crippen LogP contribution in [0.2, 0.25) is 0 Å². The highest BCUT2D eigenvalue weighted by Crippen LogP contribution is 2.32. The van der Waals surface area contributed by atoms with E-state index in [-0.39, 0.29) is 11.9 Å². The molecule has 2 aromatic rings. The summed E-state index contributed by atoms with van der Waals surface area (Å²) >= 11 is 0. The van der Waals surface area contributed by atoms with Gasteiger partial charge in [0, 0.05) is 0 Å². The second-order valence-corrected chi connectivity index (χ2v) is 4.29. The van der Waals surface area contributed by atoms with Gasteiger partial charge in [0.25, 0.3) is 0 Å². The van der Waals surface area contributed by atoms with E-state index in [1.54, 1.807) is 12.1 Å². The topological polar surface area (TPSA) is 34.4 Å². The minimum absolute atomic E-state index is 0.306. The van der Waals surface area contributed by atoms with Gasteiger partial charge >= 0.3 is 0 Å². The van der Waals surface area contributed by atoms with Gasteiger partial charge < -0.3 is 14.5 Å². The molecule has 2 rings (SSSR count). The Balaban J connectivity index is 2.50. The molecule has 1 heterocycles. The lowest BCUT2D eigenvalue weighted by Crippen LogP contribution is -2.23. The van der Waals surface area contributed by atoms with Gasteiger partial charge in [0.1, 0.15) is 23.1 Å². The van der Waals surface area contributed by atoms with E-state index in [0.29, 0.717) is 23.6 Å². The van der Waals surface area contributed by atoms with Crippen LogP contribution in [-0.4, -0.2) is 13.7 Å². The molecule has 19 heavy (non-hydrogen) atoms. The summed E-state index contributed by atoms with van der Waals surface area (Å²) < 4.78 is 25.0. The zero-order valence-electron chi connectivity index (χ0n) is 11.4. The summed E-state index contributed by atoms with van der Waals surface area (Å²) in [5.74, 6) is 1.69. The number of furan rings is 1. The highest BCUT2D eigenvalue weighted by molar-refractivity contribution is 5.40. The molecule has 0 amide bonds. The van der Waals surface area contributed by atoms with Crippen molar-refractivity contribution >= 4 is 0 Å². The molecule has 0 aliphatic rings. The Kier molecular flexibility index (Phi) is 4.22. The number of benzene rings is 1. The standard InChI is InChI=1S/C15H18FNO2/c1-4-17-15(13-9-8-10(2)19-13)14-11(16)6-5-7-12(14)18-3/h5-9,15,17H,4H2,1-3H3. The molecule has 3 nitrogen and oxygen atoms in total. The summed E-state index contributed by atoms with van der Waals surface area (Å²) in [6.07, 6.45) is 0. The third-order valence-electron chi connectivity index (χ3n) is 2.98. The number of methoxy groups -OCH3 is 1. The lowest BCUT2D eigenvalue weighted by atomic mass is 10.0. The minimum atomic E-state index is -0.352. The zero-order chi connectivity index (χ0) is 13.8. The summed E-state index contributed by atoms with van der Waals surface area (Å²) in [5.41, 5.74) is 0.473. The number of nitrogens with one attached hydrogen (secondary N) is 1. The van der Waals surface area contributed by atoms with Crippen LogP contribution in [0.3, 0.4) is 0 Å². The van der Waals surface area contributed by atoms with Gasteiger partial charge in [0.05, 0.1) is 18.7 Å². The lowest BCUT2D eigenvalue weighted by molar-refractivity contribution is 0.381. The van der Waals surface area contributed by atoms with Crippen molar-refractivity contribution in [1.82, 2.24) is 5.32 Å². The van der Waals surface area contributed by atoms with Crippen molar-refractivity contribution in [2.75, 3.05) is 13.7 Å². The largest absolute Gasteiger partial charge is 0.496 e. The molecule has 1 aromatic carbocycles. The Hall–Kier alpha value is -1.81. The highest BCUT2D eigenvalue weighted by atomic mass is 19.1. The van der Waals surface area contributed by atoms with Crippen molar-refractivity contribution in [3.05, 3.63) is 53.2 Å². The number of hydrogen-bond donors (Lipinski definition) is 1. The van der Waals surface area contributed by atoms with Gasteiger partial charge in [-0.25, -0.2) is 4.39 Å². The summed E-state index contributed by atoms with van der Waals surface area (Å²) in [4.78, 5) is 0. The van der Waals surface area contributed by atoms with E-state index in [4.69, 9.17) is 9.15 Å². The first-order valence-electron chi connectivity index (χ1n) is 6.29. The van der Waals surface area contributed by atoms with E-state index in [9.17, 15) is 4.39 Å². The van der Waals surface area contributed by atoms with Gasteiger partial charge in [-0.15, -0.1) is 0 Å². The molecule has 0 spiro atoms.